The van der Waals surface area contributed by atoms with Crippen molar-refractivity contribution in [2.45, 2.75) is 78.3 Å². The number of nitrogens with one attached hydrogen (secondary N) is 2. The Labute approximate surface area is 172 Å². The Bertz CT molecular complexity index is 781. The van der Waals surface area contributed by atoms with E-state index >= 15 is 0 Å². The van der Waals surface area contributed by atoms with Gasteiger partial charge in [0.1, 0.15) is 0 Å². The van der Waals surface area contributed by atoms with Crippen molar-refractivity contribution in [3.8, 4) is 0 Å². The smallest absolute Gasteiger partial charge is 0.225 e. The summed E-state index contributed by atoms with van der Waals surface area (Å²) < 4.78 is 3.62. The van der Waals surface area contributed by atoms with Crippen LogP contribution in [-0.4, -0.2) is 31.4 Å². The molecule has 0 aromatic carbocycles. The van der Waals surface area contributed by atoms with Crippen LogP contribution < -0.4 is 10.6 Å². The van der Waals surface area contributed by atoms with Gasteiger partial charge in [0.05, 0.1) is 23.8 Å². The molecule has 3 rings (SSSR count). The largest absolute Gasteiger partial charge is 0.323 e. The second-order valence-electron chi connectivity index (χ2n) is 8.76. The van der Waals surface area contributed by atoms with Crippen molar-refractivity contribution < 1.29 is 9.59 Å². The van der Waals surface area contributed by atoms with Crippen LogP contribution in [0.2, 0.25) is 0 Å². The molecular formula is C21H32N6O2. The normalized spacial score (nSPS) is 15.8. The molecule has 1 saturated carbocycles. The van der Waals surface area contributed by atoms with Crippen molar-refractivity contribution in [1.29, 1.82) is 0 Å². The summed E-state index contributed by atoms with van der Waals surface area (Å²) in [7, 11) is 0. The van der Waals surface area contributed by atoms with E-state index in [1.165, 1.54) is 0 Å². The highest BCUT2D eigenvalue weighted by Crippen LogP contribution is 2.44. The average molecular weight is 401 g/mol. The Morgan fingerprint density at radius 3 is 1.66 bits per heavy atom. The van der Waals surface area contributed by atoms with Crippen molar-refractivity contribution in [2.24, 2.45) is 5.41 Å². The maximum atomic E-state index is 12.7. The maximum Gasteiger partial charge on any atom is 0.225 e. The minimum absolute atomic E-state index is 0.0596. The van der Waals surface area contributed by atoms with E-state index in [0.29, 0.717) is 24.2 Å². The van der Waals surface area contributed by atoms with E-state index in [1.54, 1.807) is 12.4 Å². The third kappa shape index (κ3) is 5.46. The van der Waals surface area contributed by atoms with Crippen molar-refractivity contribution in [3.63, 3.8) is 0 Å². The molecule has 2 heterocycles. The SMILES string of the molecule is CC(C)n1cc(NC(=O)CC2(CC(=O)Nc3cnn(C(C)C)c3)CCCC2)cn1. The number of nitrogens with zero attached hydrogens (tertiary/aromatic N) is 4. The maximum absolute atomic E-state index is 12.7. The van der Waals surface area contributed by atoms with Crippen molar-refractivity contribution >= 4 is 23.2 Å². The van der Waals surface area contributed by atoms with E-state index in [-0.39, 0.29) is 29.3 Å². The molecule has 8 nitrogen and oxygen atoms in total. The van der Waals surface area contributed by atoms with Gasteiger partial charge in [0.25, 0.3) is 0 Å². The van der Waals surface area contributed by atoms with Crippen LogP contribution in [0.1, 0.15) is 78.3 Å². The fourth-order valence-corrected chi connectivity index (χ4v) is 4.00. The predicted octanol–water partition coefficient (Wildman–Crippen LogP) is 4.16. The first-order chi connectivity index (χ1) is 13.8. The monoisotopic (exact) mass is 400 g/mol. The molecule has 29 heavy (non-hydrogen) atoms. The zero-order valence-corrected chi connectivity index (χ0v) is 17.8. The molecule has 1 aliphatic carbocycles. The topological polar surface area (TPSA) is 93.8 Å². The van der Waals surface area contributed by atoms with Crippen LogP contribution in [0.5, 0.6) is 0 Å². The first-order valence-corrected chi connectivity index (χ1v) is 10.4. The van der Waals surface area contributed by atoms with Gasteiger partial charge in [-0.25, -0.2) is 0 Å². The predicted molar refractivity (Wildman–Crippen MR) is 113 cm³/mol. The minimum atomic E-state index is -0.281. The molecule has 0 unspecified atom stereocenters. The molecule has 0 atom stereocenters. The summed E-state index contributed by atoms with van der Waals surface area (Å²) in [5.74, 6) is -0.119. The van der Waals surface area contributed by atoms with E-state index in [0.717, 1.165) is 25.7 Å². The van der Waals surface area contributed by atoms with Crippen LogP contribution >= 0.6 is 0 Å². The molecule has 2 aromatic heterocycles. The summed E-state index contributed by atoms with van der Waals surface area (Å²) in [6.45, 7) is 8.15. The van der Waals surface area contributed by atoms with Gasteiger partial charge in [-0.3, -0.25) is 19.0 Å². The van der Waals surface area contributed by atoms with Crippen LogP contribution in [0.3, 0.4) is 0 Å². The molecule has 0 bridgehead atoms. The van der Waals surface area contributed by atoms with Crippen molar-refractivity contribution in [3.05, 3.63) is 24.8 Å². The first kappa shape index (κ1) is 21.1. The van der Waals surface area contributed by atoms with Crippen molar-refractivity contribution in [2.75, 3.05) is 10.6 Å². The highest BCUT2D eigenvalue weighted by Gasteiger charge is 2.38. The van der Waals surface area contributed by atoms with Gasteiger partial charge >= 0.3 is 0 Å². The van der Waals surface area contributed by atoms with Gasteiger partial charge in [-0.05, 0) is 46.0 Å². The Kier molecular flexibility index (Phi) is 6.39. The van der Waals surface area contributed by atoms with E-state index in [4.69, 9.17) is 0 Å². The standard InChI is InChI=1S/C21H32N6O2/c1-15(2)26-13-17(11-22-26)24-19(28)9-21(7-5-6-8-21)10-20(29)25-18-12-23-27(14-18)16(3)4/h11-16H,5-10H2,1-4H3,(H,24,28)(H,25,29). The third-order valence-corrected chi connectivity index (χ3v) is 5.56. The number of amides is 2. The van der Waals surface area contributed by atoms with Crippen LogP contribution in [0.25, 0.3) is 0 Å². The van der Waals surface area contributed by atoms with Crippen LogP contribution in [-0.2, 0) is 9.59 Å². The van der Waals surface area contributed by atoms with Gasteiger partial charge in [-0.1, -0.05) is 12.8 Å². The lowest BCUT2D eigenvalue weighted by atomic mass is 9.79. The van der Waals surface area contributed by atoms with Gasteiger partial charge in [0.15, 0.2) is 0 Å². The second kappa shape index (κ2) is 8.80. The van der Waals surface area contributed by atoms with Gasteiger partial charge in [0, 0.05) is 37.3 Å². The fourth-order valence-electron chi connectivity index (χ4n) is 4.00. The number of rotatable bonds is 8. The summed E-state index contributed by atoms with van der Waals surface area (Å²) in [4.78, 5) is 25.4. The summed E-state index contributed by atoms with van der Waals surface area (Å²) in [6, 6.07) is 0.483. The minimum Gasteiger partial charge on any atom is -0.323 e. The summed E-state index contributed by atoms with van der Waals surface area (Å²) >= 11 is 0. The van der Waals surface area contributed by atoms with E-state index < -0.39 is 0 Å². The van der Waals surface area contributed by atoms with E-state index in [2.05, 4.69) is 20.8 Å². The number of carbonyl (C=O) groups is 2. The molecule has 0 radical (unpaired) electrons. The molecule has 0 spiro atoms. The first-order valence-electron chi connectivity index (χ1n) is 10.4. The van der Waals surface area contributed by atoms with Gasteiger partial charge in [0.2, 0.25) is 11.8 Å². The zero-order valence-electron chi connectivity index (χ0n) is 17.8. The van der Waals surface area contributed by atoms with Gasteiger partial charge < -0.3 is 10.6 Å². The quantitative estimate of drug-likeness (QED) is 0.696. The lowest BCUT2D eigenvalue weighted by Crippen LogP contribution is -2.30. The molecule has 1 aliphatic rings. The van der Waals surface area contributed by atoms with Gasteiger partial charge in [-0.2, -0.15) is 10.2 Å². The molecule has 0 saturated heterocycles. The van der Waals surface area contributed by atoms with Crippen molar-refractivity contribution in [1.82, 2.24) is 19.6 Å². The van der Waals surface area contributed by atoms with E-state index in [1.807, 2.05) is 49.5 Å². The molecule has 8 heteroatoms. The Morgan fingerprint density at radius 2 is 1.31 bits per heavy atom. The number of anilines is 2. The molecular weight excluding hydrogens is 368 g/mol. The van der Waals surface area contributed by atoms with Crippen LogP contribution in [0.15, 0.2) is 24.8 Å². The average Bonchev–Trinajstić information content (AvgIpc) is 3.36. The molecule has 158 valence electrons. The Morgan fingerprint density at radius 1 is 0.897 bits per heavy atom. The number of hydrogen-bond donors (Lipinski definition) is 2. The molecule has 2 amide bonds. The fraction of sp³-hybridized carbons (Fsp3) is 0.619. The highest BCUT2D eigenvalue weighted by atomic mass is 16.2. The Balaban J connectivity index is 1.59. The molecule has 0 aliphatic heterocycles. The molecule has 2 aromatic rings. The number of aromatic nitrogens is 4. The number of carbonyl (C=O) groups excluding carboxylic acids is 2. The highest BCUT2D eigenvalue weighted by molar-refractivity contribution is 5.93. The van der Waals surface area contributed by atoms with E-state index in [9.17, 15) is 9.59 Å². The summed E-state index contributed by atoms with van der Waals surface area (Å²) in [5.41, 5.74) is 1.11. The lowest BCUT2D eigenvalue weighted by Gasteiger charge is -2.27. The summed E-state index contributed by atoms with van der Waals surface area (Å²) in [5, 5.41) is 14.4. The third-order valence-electron chi connectivity index (χ3n) is 5.56. The number of hydrogen-bond acceptors (Lipinski definition) is 4. The molecule has 1 fully saturated rings. The summed E-state index contributed by atoms with van der Waals surface area (Å²) in [6.07, 6.45) is 11.6. The van der Waals surface area contributed by atoms with Crippen LogP contribution in [0.4, 0.5) is 11.4 Å². The molecule has 2 N–H and O–H groups in total. The second-order valence-corrected chi connectivity index (χ2v) is 8.76. The Hall–Kier alpha value is -2.64. The van der Waals surface area contributed by atoms with Gasteiger partial charge in [-0.15, -0.1) is 0 Å². The van der Waals surface area contributed by atoms with Crippen LogP contribution in [0, 0.1) is 5.41 Å². The zero-order chi connectivity index (χ0) is 21.0. The lowest BCUT2D eigenvalue weighted by molar-refractivity contribution is -0.121.